The molecule has 6 rings (SSSR count). The molecule has 1 N–H and O–H groups in total. The lowest BCUT2D eigenvalue weighted by Gasteiger charge is -2.45. The molecular formula is C31H36ClN3O4. The van der Waals surface area contributed by atoms with Gasteiger partial charge in [-0.3, -0.25) is 14.3 Å². The molecule has 206 valence electrons. The van der Waals surface area contributed by atoms with Crippen LogP contribution in [0.15, 0.2) is 60.7 Å². The van der Waals surface area contributed by atoms with Gasteiger partial charge in [0.25, 0.3) is 5.91 Å². The Bertz CT molecular complexity index is 1320. The molecule has 3 aliphatic rings. The van der Waals surface area contributed by atoms with Crippen LogP contribution in [0.1, 0.15) is 32.6 Å². The molecule has 1 saturated heterocycles. The molecule has 2 bridgehead atoms. The Labute approximate surface area is 235 Å². The van der Waals surface area contributed by atoms with E-state index in [9.17, 15) is 14.8 Å². The van der Waals surface area contributed by atoms with Crippen LogP contribution in [-0.2, 0) is 17.6 Å². The molecular weight excluding hydrogens is 514 g/mol. The molecule has 7 nitrogen and oxygen atoms in total. The van der Waals surface area contributed by atoms with Gasteiger partial charge in [-0.05, 0) is 78.5 Å². The van der Waals surface area contributed by atoms with Crippen molar-refractivity contribution < 1.29 is 19.0 Å². The molecule has 0 saturated carbocycles. The highest BCUT2D eigenvalue weighted by Gasteiger charge is 2.39. The molecule has 8 heteroatoms. The van der Waals surface area contributed by atoms with E-state index in [-0.39, 0.29) is 23.4 Å². The molecule has 0 radical (unpaired) electrons. The normalized spacial score (nSPS) is 22.8. The first-order chi connectivity index (χ1) is 18.5. The molecule has 3 heterocycles. The van der Waals surface area contributed by atoms with Crippen LogP contribution >= 0.6 is 11.6 Å². The van der Waals surface area contributed by atoms with Gasteiger partial charge in [0.15, 0.2) is 0 Å². The number of carbonyl (C=O) groups excluding carboxylic acids is 2. The lowest BCUT2D eigenvalue weighted by atomic mass is 9.96. The Kier molecular flexibility index (Phi) is 8.76. The largest absolute Gasteiger partial charge is 0.625 e. The zero-order valence-electron chi connectivity index (χ0n) is 23.2. The van der Waals surface area contributed by atoms with Crippen LogP contribution in [0.3, 0.4) is 0 Å². The number of hydrogen-bond donors (Lipinski definition) is 1. The first kappa shape index (κ1) is 28.8. The molecule has 1 fully saturated rings. The van der Waals surface area contributed by atoms with E-state index in [0.717, 1.165) is 39.1 Å². The summed E-state index contributed by atoms with van der Waals surface area (Å²) in [6.07, 6.45) is 1.25. The Morgan fingerprint density at radius 1 is 1.00 bits per heavy atom. The minimum atomic E-state index is -0.780. The Hall–Kier alpha value is -3.23. The van der Waals surface area contributed by atoms with Gasteiger partial charge in [0.05, 0.1) is 20.7 Å². The third-order valence-electron chi connectivity index (χ3n) is 7.46. The third-order valence-corrected chi connectivity index (χ3v) is 7.73. The number of nitrogens with one attached hydrogen (secondary N) is 1. The van der Waals surface area contributed by atoms with Crippen LogP contribution in [0, 0.1) is 19.1 Å². The number of quaternary nitrogens is 1. The van der Waals surface area contributed by atoms with Gasteiger partial charge < -0.3 is 15.3 Å². The number of ether oxygens (including phenoxy) is 1. The molecule has 3 unspecified atom stereocenters. The maximum atomic E-state index is 12.5. The number of amides is 2. The fraction of sp³-hybridized carbons (Fsp3) is 0.355. The zero-order chi connectivity index (χ0) is 28.3. The van der Waals surface area contributed by atoms with Crippen molar-refractivity contribution in [3.8, 4) is 16.9 Å². The number of alkyl halides is 1. The summed E-state index contributed by atoms with van der Waals surface area (Å²) in [5.41, 5.74) is 7.09. The first-order valence-corrected chi connectivity index (χ1v) is 13.5. The summed E-state index contributed by atoms with van der Waals surface area (Å²) in [6, 6.07) is 19.6. The average Bonchev–Trinajstić information content (AvgIpc) is 2.89. The minimum absolute atomic E-state index is 0.0961. The van der Waals surface area contributed by atoms with Crippen molar-refractivity contribution >= 4 is 23.4 Å². The number of piperazine rings is 1. The predicted molar refractivity (Wildman–Crippen MR) is 155 cm³/mol. The first-order valence-electron chi connectivity index (χ1n) is 13.1. The predicted octanol–water partition coefficient (Wildman–Crippen LogP) is 4.84. The summed E-state index contributed by atoms with van der Waals surface area (Å²) in [5.74, 6) is 0.573. The van der Waals surface area contributed by atoms with Crippen molar-refractivity contribution in [3.63, 3.8) is 0 Å². The van der Waals surface area contributed by atoms with Crippen molar-refractivity contribution in [2.24, 2.45) is 0 Å². The van der Waals surface area contributed by atoms with Gasteiger partial charge >= 0.3 is 5.91 Å². The van der Waals surface area contributed by atoms with E-state index in [0.29, 0.717) is 31.5 Å². The van der Waals surface area contributed by atoms with Gasteiger partial charge in [-0.1, -0.05) is 48.0 Å². The van der Waals surface area contributed by atoms with E-state index < -0.39 is 4.65 Å². The van der Waals surface area contributed by atoms with E-state index in [1.54, 1.807) is 7.11 Å². The van der Waals surface area contributed by atoms with Gasteiger partial charge in [-0.15, -0.1) is 0 Å². The van der Waals surface area contributed by atoms with Crippen molar-refractivity contribution in [1.29, 1.82) is 0 Å². The molecule has 0 aliphatic carbocycles. The second-order valence-electron chi connectivity index (χ2n) is 10.5. The monoisotopic (exact) mass is 549 g/mol. The molecule has 3 aromatic rings. The van der Waals surface area contributed by atoms with Crippen molar-refractivity contribution in [3.05, 3.63) is 93.7 Å². The van der Waals surface area contributed by atoms with Crippen LogP contribution < -0.4 is 10.1 Å². The fourth-order valence-electron chi connectivity index (χ4n) is 5.13. The molecule has 2 amide bonds. The molecule has 3 atom stereocenters. The maximum Gasteiger partial charge on any atom is 0.331 e. The lowest BCUT2D eigenvalue weighted by molar-refractivity contribution is -0.788. The number of methoxy groups -OCH3 is 1. The molecule has 3 aliphatic heterocycles. The van der Waals surface area contributed by atoms with Crippen molar-refractivity contribution in [2.75, 3.05) is 34.3 Å². The second-order valence-corrected chi connectivity index (χ2v) is 11.1. The van der Waals surface area contributed by atoms with Crippen LogP contribution in [0.5, 0.6) is 5.75 Å². The molecule has 39 heavy (non-hydrogen) atoms. The number of nitrogens with zero attached hydrogens (tertiary/aromatic N) is 2. The van der Waals surface area contributed by atoms with Crippen molar-refractivity contribution in [1.82, 2.24) is 10.2 Å². The summed E-state index contributed by atoms with van der Waals surface area (Å²) in [4.78, 5) is 25.8. The third kappa shape index (κ3) is 6.68. The highest BCUT2D eigenvalue weighted by molar-refractivity contribution is 6.22. The van der Waals surface area contributed by atoms with E-state index in [2.05, 4.69) is 41.7 Å². The second kappa shape index (κ2) is 11.9. The number of hydrogen-bond acceptors (Lipinski definition) is 5. The van der Waals surface area contributed by atoms with Crippen molar-refractivity contribution in [2.45, 2.75) is 38.2 Å². The van der Waals surface area contributed by atoms with Crippen LogP contribution in [0.4, 0.5) is 0 Å². The van der Waals surface area contributed by atoms with Gasteiger partial charge in [-0.2, -0.15) is 0 Å². The summed E-state index contributed by atoms with van der Waals surface area (Å²) >= 11 is 5.85. The minimum Gasteiger partial charge on any atom is -0.625 e. The summed E-state index contributed by atoms with van der Waals surface area (Å²) in [5, 5.41) is 15.0. The highest BCUT2D eigenvalue weighted by atomic mass is 35.5. The summed E-state index contributed by atoms with van der Waals surface area (Å²) in [6.45, 7) is 5.05. The Morgan fingerprint density at radius 3 is 2.18 bits per heavy atom. The number of fused-ring (bicyclic) bond motifs is 5. The number of likely N-dealkylation sites (N-methyl/N-ethyl adjacent to an activating group) is 2. The molecule has 0 spiro atoms. The maximum absolute atomic E-state index is 12.5. The van der Waals surface area contributed by atoms with Crippen LogP contribution in [-0.4, -0.2) is 67.2 Å². The number of benzene rings is 3. The van der Waals surface area contributed by atoms with Gasteiger partial charge in [0, 0.05) is 24.9 Å². The van der Waals surface area contributed by atoms with Gasteiger partial charge in [-0.25, -0.2) is 4.79 Å². The number of aryl methyl sites for hydroxylation is 2. The number of carbonyl (C=O) groups is 2. The smallest absolute Gasteiger partial charge is 0.331 e. The average molecular weight is 550 g/mol. The number of rotatable bonds is 4. The van der Waals surface area contributed by atoms with E-state index >= 15 is 0 Å². The summed E-state index contributed by atoms with van der Waals surface area (Å²) in [7, 11) is 5.07. The van der Waals surface area contributed by atoms with Gasteiger partial charge in [0.2, 0.25) is 0 Å². The number of halogens is 1. The highest BCUT2D eigenvalue weighted by Crippen LogP contribution is 2.30. The standard InChI is InChI=1S/C22H28N2O3.C9H8ClNO/c1-15-12-19(13-16(2)21(15)27-5)18-8-6-17(7-9-18)14-20-22(25)24(4,26)11-10-23(20)3;10-8-5-6-1-3-7(4-2-6)9(12)11-8/h6-9,12-13,20H,10-11,14H2,1-5H3;1-4,8H,5H2,(H,11,12). The SMILES string of the molecule is COc1c(C)cc(-c2ccc(CC3C(=O)[N+](C)([O-])CCN3C)cc2)cc1C.O=C1NC(Cl)Cc2ccc1cc2. The lowest BCUT2D eigenvalue weighted by Crippen LogP contribution is -2.62. The van der Waals surface area contributed by atoms with Crippen LogP contribution in [0.25, 0.3) is 11.1 Å². The zero-order valence-corrected chi connectivity index (χ0v) is 23.9. The molecule has 0 aromatic heterocycles. The summed E-state index contributed by atoms with van der Waals surface area (Å²) < 4.78 is 4.66. The van der Waals surface area contributed by atoms with E-state index in [1.807, 2.05) is 50.1 Å². The number of hydroxylamine groups is 3. The molecule has 3 aromatic carbocycles. The fourth-order valence-corrected chi connectivity index (χ4v) is 5.41. The topological polar surface area (TPSA) is 81.7 Å². The quantitative estimate of drug-likeness (QED) is 0.218. The van der Waals surface area contributed by atoms with E-state index in [4.69, 9.17) is 16.3 Å². The van der Waals surface area contributed by atoms with Crippen LogP contribution in [0.2, 0.25) is 0 Å². The van der Waals surface area contributed by atoms with Gasteiger partial charge in [0.1, 0.15) is 17.3 Å². The Morgan fingerprint density at radius 2 is 1.59 bits per heavy atom. The Balaban J connectivity index is 0.000000243. The van der Waals surface area contributed by atoms with E-state index in [1.165, 1.54) is 7.05 Å².